The summed E-state index contributed by atoms with van der Waals surface area (Å²) in [7, 11) is 3.46. The van der Waals surface area contributed by atoms with Crippen molar-refractivity contribution in [2.45, 2.75) is 11.4 Å². The average molecular weight is 399 g/mol. The van der Waals surface area contributed by atoms with E-state index in [1.54, 1.807) is 30.0 Å². The molecule has 0 fully saturated rings. The Hall–Kier alpha value is -2.70. The summed E-state index contributed by atoms with van der Waals surface area (Å²) >= 11 is 1.78. The molecule has 28 heavy (non-hydrogen) atoms. The number of pyridine rings is 1. The Morgan fingerprint density at radius 2 is 1.89 bits per heavy atom. The minimum Gasteiger partial charge on any atom is -0.496 e. The van der Waals surface area contributed by atoms with Crippen molar-refractivity contribution in [2.75, 3.05) is 20.4 Å². The van der Waals surface area contributed by atoms with Gasteiger partial charge in [-0.2, -0.15) is 0 Å². The minimum atomic E-state index is -0.376. The first kappa shape index (κ1) is 21.6. The number of nitrogens with one attached hydrogen (secondary N) is 1. The average Bonchev–Trinajstić information content (AvgIpc) is 2.75. The zero-order valence-electron chi connectivity index (χ0n) is 16.1. The number of hydrogen-bond donors (Lipinski definition) is 1. The van der Waals surface area contributed by atoms with E-state index >= 15 is 0 Å². The summed E-state index contributed by atoms with van der Waals surface area (Å²) in [6.07, 6.45) is 2.74. The molecule has 1 heterocycles. The van der Waals surface area contributed by atoms with Gasteiger partial charge in [-0.15, -0.1) is 11.8 Å². The van der Waals surface area contributed by atoms with Crippen LogP contribution in [-0.4, -0.2) is 31.7 Å². The number of ether oxygens (including phenoxy) is 1. The van der Waals surface area contributed by atoms with Crippen LogP contribution in [0.1, 0.15) is 16.1 Å². The van der Waals surface area contributed by atoms with Crippen LogP contribution in [0.5, 0.6) is 5.75 Å². The Labute approximate surface area is 169 Å². The van der Waals surface area contributed by atoms with Crippen molar-refractivity contribution >= 4 is 18.0 Å². The van der Waals surface area contributed by atoms with Gasteiger partial charge in [0.1, 0.15) is 17.3 Å². The van der Waals surface area contributed by atoms with Crippen molar-refractivity contribution in [1.29, 1.82) is 0 Å². The standard InChI is InChI=1S/C13H10FNO2.C9H13NS/c1-17-13-6-5-9(14)7-11(13)12-4-2-3-10(8-16)15-12;1-10-7-8-3-5-9(11-2)6-4-8/h2-8H,1H3;3-6,10H,7H2,1-2H3. The van der Waals surface area contributed by atoms with Crippen molar-refractivity contribution in [2.24, 2.45) is 0 Å². The number of thioether (sulfide) groups is 1. The molecule has 0 aliphatic carbocycles. The number of aromatic nitrogens is 1. The maximum absolute atomic E-state index is 13.2. The molecule has 146 valence electrons. The Kier molecular flexibility index (Phi) is 8.65. The molecule has 2 aromatic carbocycles. The van der Waals surface area contributed by atoms with Gasteiger partial charge >= 0.3 is 0 Å². The summed E-state index contributed by atoms with van der Waals surface area (Å²) in [6, 6.07) is 17.8. The van der Waals surface area contributed by atoms with Crippen LogP contribution in [0.4, 0.5) is 4.39 Å². The third-order valence-electron chi connectivity index (χ3n) is 3.87. The van der Waals surface area contributed by atoms with Crippen molar-refractivity contribution in [1.82, 2.24) is 10.3 Å². The second-order valence-electron chi connectivity index (χ2n) is 5.79. The number of methoxy groups -OCH3 is 1. The quantitative estimate of drug-likeness (QED) is 0.476. The van der Waals surface area contributed by atoms with Crippen molar-refractivity contribution < 1.29 is 13.9 Å². The van der Waals surface area contributed by atoms with E-state index in [1.807, 2.05) is 7.05 Å². The Morgan fingerprint density at radius 1 is 1.14 bits per heavy atom. The highest BCUT2D eigenvalue weighted by Crippen LogP contribution is 2.29. The van der Waals surface area contributed by atoms with Gasteiger partial charge in [0.2, 0.25) is 0 Å². The van der Waals surface area contributed by atoms with Gasteiger partial charge in [-0.05, 0) is 61.3 Å². The first-order chi connectivity index (χ1) is 13.6. The van der Waals surface area contributed by atoms with E-state index in [0.29, 0.717) is 29.0 Å². The van der Waals surface area contributed by atoms with Gasteiger partial charge in [0.05, 0.1) is 12.8 Å². The van der Waals surface area contributed by atoms with Crippen LogP contribution in [0.15, 0.2) is 65.6 Å². The normalized spacial score (nSPS) is 10.0. The van der Waals surface area contributed by atoms with Gasteiger partial charge in [0.25, 0.3) is 0 Å². The number of hydrogen-bond acceptors (Lipinski definition) is 5. The molecule has 0 aliphatic heterocycles. The molecule has 0 spiro atoms. The predicted molar refractivity (Wildman–Crippen MR) is 113 cm³/mol. The van der Waals surface area contributed by atoms with Crippen LogP contribution in [0.2, 0.25) is 0 Å². The maximum atomic E-state index is 13.2. The van der Waals surface area contributed by atoms with Crippen LogP contribution in [0, 0.1) is 5.82 Å². The molecule has 6 heteroatoms. The van der Waals surface area contributed by atoms with Gasteiger partial charge in [-0.3, -0.25) is 4.79 Å². The third-order valence-corrected chi connectivity index (χ3v) is 4.61. The van der Waals surface area contributed by atoms with E-state index in [9.17, 15) is 9.18 Å². The lowest BCUT2D eigenvalue weighted by Crippen LogP contribution is -2.04. The summed E-state index contributed by atoms with van der Waals surface area (Å²) in [4.78, 5) is 16.1. The maximum Gasteiger partial charge on any atom is 0.168 e. The minimum absolute atomic E-state index is 0.300. The van der Waals surface area contributed by atoms with E-state index in [1.165, 1.54) is 35.8 Å². The summed E-state index contributed by atoms with van der Waals surface area (Å²) < 4.78 is 18.3. The van der Waals surface area contributed by atoms with Gasteiger partial charge in [0, 0.05) is 17.0 Å². The van der Waals surface area contributed by atoms with Crippen molar-refractivity contribution in [3.05, 3.63) is 77.7 Å². The van der Waals surface area contributed by atoms with Crippen molar-refractivity contribution in [3.8, 4) is 17.0 Å². The van der Waals surface area contributed by atoms with E-state index in [2.05, 4.69) is 40.8 Å². The highest BCUT2D eigenvalue weighted by atomic mass is 32.2. The monoisotopic (exact) mass is 398 g/mol. The zero-order valence-corrected chi connectivity index (χ0v) is 16.9. The predicted octanol–water partition coefficient (Wildman–Crippen LogP) is 4.84. The number of aldehydes is 1. The van der Waals surface area contributed by atoms with Crippen molar-refractivity contribution in [3.63, 3.8) is 0 Å². The molecule has 0 saturated carbocycles. The van der Waals surface area contributed by atoms with Crippen LogP contribution in [0.25, 0.3) is 11.3 Å². The molecule has 1 N–H and O–H groups in total. The summed E-state index contributed by atoms with van der Waals surface area (Å²) in [5, 5.41) is 3.11. The van der Waals surface area contributed by atoms with Gasteiger partial charge in [-0.1, -0.05) is 18.2 Å². The number of rotatable bonds is 6. The van der Waals surface area contributed by atoms with Crippen LogP contribution in [0.3, 0.4) is 0 Å². The summed E-state index contributed by atoms with van der Waals surface area (Å²) in [5.41, 5.74) is 2.67. The molecule has 4 nitrogen and oxygen atoms in total. The first-order valence-electron chi connectivity index (χ1n) is 8.65. The second-order valence-corrected chi connectivity index (χ2v) is 6.67. The largest absolute Gasteiger partial charge is 0.496 e. The van der Waals surface area contributed by atoms with E-state index in [-0.39, 0.29) is 5.82 Å². The highest BCUT2D eigenvalue weighted by molar-refractivity contribution is 7.98. The lowest BCUT2D eigenvalue weighted by Gasteiger charge is -2.08. The molecule has 0 atom stereocenters. The summed E-state index contributed by atoms with van der Waals surface area (Å²) in [6.45, 7) is 0.953. The molecule has 0 amide bonds. The van der Waals surface area contributed by atoms with E-state index in [4.69, 9.17) is 4.74 Å². The fourth-order valence-electron chi connectivity index (χ4n) is 2.49. The fourth-order valence-corrected chi connectivity index (χ4v) is 2.90. The van der Waals surface area contributed by atoms with E-state index < -0.39 is 0 Å². The Balaban J connectivity index is 0.000000221. The lowest BCUT2D eigenvalue weighted by atomic mass is 10.1. The lowest BCUT2D eigenvalue weighted by molar-refractivity contribution is 0.111. The Bertz CT molecular complexity index is 901. The SMILES string of the molecule is CNCc1ccc(SC)cc1.COc1ccc(F)cc1-c1cccc(C=O)n1. The molecule has 0 radical (unpaired) electrons. The third kappa shape index (κ3) is 6.18. The van der Waals surface area contributed by atoms with Gasteiger partial charge in [0.15, 0.2) is 6.29 Å². The number of benzene rings is 2. The van der Waals surface area contributed by atoms with Crippen LogP contribution in [-0.2, 0) is 6.54 Å². The second kappa shape index (κ2) is 11.2. The molecule has 1 aromatic heterocycles. The molecular weight excluding hydrogens is 375 g/mol. The van der Waals surface area contributed by atoms with Gasteiger partial charge in [-0.25, -0.2) is 9.37 Å². The highest BCUT2D eigenvalue weighted by Gasteiger charge is 2.09. The first-order valence-corrected chi connectivity index (χ1v) is 9.87. The number of carbonyl (C=O) groups excluding carboxylic acids is 1. The molecule has 3 aromatic rings. The van der Waals surface area contributed by atoms with Crippen LogP contribution >= 0.6 is 11.8 Å². The van der Waals surface area contributed by atoms with Gasteiger partial charge < -0.3 is 10.1 Å². The number of halogens is 1. The molecule has 0 unspecified atom stereocenters. The molecule has 0 bridgehead atoms. The van der Waals surface area contributed by atoms with Crippen LogP contribution < -0.4 is 10.1 Å². The summed E-state index contributed by atoms with van der Waals surface area (Å²) in [5.74, 6) is 0.140. The zero-order chi connectivity index (χ0) is 20.4. The number of nitrogens with zero attached hydrogens (tertiary/aromatic N) is 1. The fraction of sp³-hybridized carbons (Fsp3) is 0.182. The number of carbonyl (C=O) groups is 1. The molecular formula is C22H23FN2O2S. The molecule has 0 saturated heterocycles. The van der Waals surface area contributed by atoms with E-state index in [0.717, 1.165) is 6.54 Å². The topological polar surface area (TPSA) is 51.2 Å². The molecule has 3 rings (SSSR count). The Morgan fingerprint density at radius 3 is 2.50 bits per heavy atom. The molecule has 0 aliphatic rings. The smallest absolute Gasteiger partial charge is 0.168 e.